The van der Waals surface area contributed by atoms with Gasteiger partial charge in [-0.05, 0) is 25.3 Å². The van der Waals surface area contributed by atoms with Gasteiger partial charge in [-0.15, -0.1) is 0 Å². The topological polar surface area (TPSA) is 21.5 Å². The molecule has 0 saturated carbocycles. The van der Waals surface area contributed by atoms with Crippen LogP contribution in [-0.4, -0.2) is 13.0 Å². The lowest BCUT2D eigenvalue weighted by Crippen LogP contribution is -3.11. The molecule has 2 atom stereocenters. The summed E-state index contributed by atoms with van der Waals surface area (Å²) in [7, 11) is 0. The molecule has 2 rings (SSSR count). The van der Waals surface area contributed by atoms with Crippen LogP contribution in [-0.2, 0) is 11.2 Å². The highest BCUT2D eigenvalue weighted by molar-refractivity contribution is 5.37. The van der Waals surface area contributed by atoms with Crippen molar-refractivity contribution in [2.75, 3.05) is 6.54 Å². The van der Waals surface area contributed by atoms with Gasteiger partial charge < -0.3 is 0 Å². The van der Waals surface area contributed by atoms with E-state index in [0.717, 1.165) is 24.3 Å². The predicted molar refractivity (Wildman–Crippen MR) is 59.7 cm³/mol. The summed E-state index contributed by atoms with van der Waals surface area (Å²) in [6.07, 6.45) is 4.58. The van der Waals surface area contributed by atoms with Gasteiger partial charge in [-0.3, -0.25) is 4.90 Å². The molecular weight excluding hydrogens is 186 g/mol. The predicted octanol–water partition coefficient (Wildman–Crippen LogP) is 1.13. The minimum Gasteiger partial charge on any atom is -0.269 e. The molecule has 2 unspecified atom stereocenters. The Bertz CT molecular complexity index is 348. The van der Waals surface area contributed by atoms with Crippen LogP contribution < -0.4 is 4.90 Å². The standard InChI is InChI=1S/C13H17NO/c1-2-14(10-15)13-9-5-7-11-6-3-4-8-12(11)13/h3-4,6,8,10,13H,2,5,7,9H2,1H3/p+1. The fraction of sp³-hybridized carbons (Fsp3) is 0.462. The number of amides is 1. The normalized spacial score (nSPS) is 21.8. The summed E-state index contributed by atoms with van der Waals surface area (Å²) in [4.78, 5) is 12.1. The van der Waals surface area contributed by atoms with E-state index in [0.29, 0.717) is 6.04 Å². The average Bonchev–Trinajstić information content (AvgIpc) is 2.31. The van der Waals surface area contributed by atoms with E-state index in [2.05, 4.69) is 31.2 Å². The summed E-state index contributed by atoms with van der Waals surface area (Å²) in [6.45, 7) is 2.95. The number of carbonyl (C=O) groups is 1. The van der Waals surface area contributed by atoms with Crippen molar-refractivity contribution < 1.29 is 9.69 Å². The van der Waals surface area contributed by atoms with Crippen molar-refractivity contribution in [3.05, 3.63) is 35.4 Å². The van der Waals surface area contributed by atoms with Crippen molar-refractivity contribution in [3.63, 3.8) is 0 Å². The highest BCUT2D eigenvalue weighted by atomic mass is 16.1. The van der Waals surface area contributed by atoms with E-state index >= 15 is 0 Å². The monoisotopic (exact) mass is 204 g/mol. The van der Waals surface area contributed by atoms with Gasteiger partial charge in [0.2, 0.25) is 0 Å². The first-order valence-corrected chi connectivity index (χ1v) is 5.75. The summed E-state index contributed by atoms with van der Waals surface area (Å²) in [5.74, 6) is 0. The SMILES string of the molecule is CC[NH+](C=O)C1CCCc2ccccc21. The van der Waals surface area contributed by atoms with Crippen LogP contribution in [0.25, 0.3) is 0 Å². The molecule has 0 bridgehead atoms. The molecule has 0 aromatic heterocycles. The number of quaternary nitrogens is 1. The Morgan fingerprint density at radius 1 is 1.47 bits per heavy atom. The van der Waals surface area contributed by atoms with Crippen LogP contribution in [0, 0.1) is 0 Å². The van der Waals surface area contributed by atoms with Gasteiger partial charge in [-0.25, -0.2) is 4.79 Å². The lowest BCUT2D eigenvalue weighted by Gasteiger charge is -2.28. The smallest absolute Gasteiger partial charge is 0.269 e. The molecule has 0 aliphatic heterocycles. The number of nitrogens with one attached hydrogen (secondary N) is 1. The van der Waals surface area contributed by atoms with Crippen LogP contribution >= 0.6 is 0 Å². The maximum atomic E-state index is 11.0. The number of hydrogen-bond acceptors (Lipinski definition) is 1. The number of rotatable bonds is 3. The lowest BCUT2D eigenvalue weighted by molar-refractivity contribution is -0.844. The Balaban J connectivity index is 2.32. The quantitative estimate of drug-likeness (QED) is 0.732. The summed E-state index contributed by atoms with van der Waals surface area (Å²) in [6, 6.07) is 8.93. The summed E-state index contributed by atoms with van der Waals surface area (Å²) in [5.41, 5.74) is 2.81. The molecule has 2 heteroatoms. The van der Waals surface area contributed by atoms with Gasteiger partial charge in [0.1, 0.15) is 6.04 Å². The van der Waals surface area contributed by atoms with Crippen LogP contribution in [0.5, 0.6) is 0 Å². The number of aryl methyl sites for hydroxylation is 1. The first kappa shape index (κ1) is 10.4. The molecule has 1 aromatic carbocycles. The van der Waals surface area contributed by atoms with E-state index in [1.807, 2.05) is 0 Å². The highest BCUT2D eigenvalue weighted by Gasteiger charge is 2.27. The van der Waals surface area contributed by atoms with Gasteiger partial charge in [0, 0.05) is 12.0 Å². The Morgan fingerprint density at radius 2 is 2.27 bits per heavy atom. The molecule has 1 amide bonds. The molecule has 1 N–H and O–H groups in total. The molecule has 0 saturated heterocycles. The fourth-order valence-corrected chi connectivity index (χ4v) is 2.55. The minimum atomic E-state index is 0.387. The molecule has 0 fully saturated rings. The van der Waals surface area contributed by atoms with Crippen molar-refractivity contribution in [2.45, 2.75) is 32.2 Å². The molecule has 1 aromatic rings. The van der Waals surface area contributed by atoms with Crippen LogP contribution in [0.3, 0.4) is 0 Å². The van der Waals surface area contributed by atoms with Crippen molar-refractivity contribution in [1.82, 2.24) is 0 Å². The average molecular weight is 204 g/mol. The third kappa shape index (κ3) is 1.95. The molecule has 1 aliphatic carbocycles. The number of carbonyl (C=O) groups excluding carboxylic acids is 1. The van der Waals surface area contributed by atoms with E-state index in [4.69, 9.17) is 0 Å². The zero-order chi connectivity index (χ0) is 10.7. The summed E-state index contributed by atoms with van der Waals surface area (Å²) in [5, 5.41) is 0. The second-order valence-corrected chi connectivity index (χ2v) is 4.19. The Hall–Kier alpha value is -1.15. The van der Waals surface area contributed by atoms with Crippen molar-refractivity contribution in [3.8, 4) is 0 Å². The molecule has 2 nitrogen and oxygen atoms in total. The first-order valence-electron chi connectivity index (χ1n) is 5.75. The number of fused-ring (bicyclic) bond motifs is 1. The second kappa shape index (κ2) is 4.58. The van der Waals surface area contributed by atoms with Gasteiger partial charge in [-0.1, -0.05) is 24.3 Å². The van der Waals surface area contributed by atoms with Crippen LogP contribution in [0.15, 0.2) is 24.3 Å². The first-order chi connectivity index (χ1) is 7.36. The minimum absolute atomic E-state index is 0.387. The maximum absolute atomic E-state index is 11.0. The molecule has 15 heavy (non-hydrogen) atoms. The molecule has 0 radical (unpaired) electrons. The maximum Gasteiger partial charge on any atom is 0.300 e. The molecule has 1 aliphatic rings. The van der Waals surface area contributed by atoms with E-state index in [1.165, 1.54) is 24.0 Å². The zero-order valence-corrected chi connectivity index (χ0v) is 9.20. The van der Waals surface area contributed by atoms with Crippen molar-refractivity contribution in [1.29, 1.82) is 0 Å². The van der Waals surface area contributed by atoms with Gasteiger partial charge in [0.15, 0.2) is 0 Å². The second-order valence-electron chi connectivity index (χ2n) is 4.19. The zero-order valence-electron chi connectivity index (χ0n) is 9.20. The number of benzene rings is 1. The highest BCUT2D eigenvalue weighted by Crippen LogP contribution is 2.27. The molecule has 80 valence electrons. The molecular formula is C13H18NO+. The van der Waals surface area contributed by atoms with Crippen LogP contribution in [0.2, 0.25) is 0 Å². The Morgan fingerprint density at radius 3 is 3.00 bits per heavy atom. The molecule has 0 heterocycles. The van der Waals surface area contributed by atoms with Crippen LogP contribution in [0.1, 0.15) is 36.9 Å². The van der Waals surface area contributed by atoms with E-state index in [-0.39, 0.29) is 0 Å². The summed E-state index contributed by atoms with van der Waals surface area (Å²) >= 11 is 0. The van der Waals surface area contributed by atoms with Gasteiger partial charge in [0.05, 0.1) is 6.54 Å². The van der Waals surface area contributed by atoms with E-state index in [9.17, 15) is 4.79 Å². The van der Waals surface area contributed by atoms with Crippen molar-refractivity contribution in [2.24, 2.45) is 0 Å². The number of hydrogen-bond donors (Lipinski definition) is 1. The summed E-state index contributed by atoms with van der Waals surface area (Å²) < 4.78 is 0. The van der Waals surface area contributed by atoms with Crippen molar-refractivity contribution >= 4 is 6.41 Å². The fourth-order valence-electron chi connectivity index (χ4n) is 2.55. The van der Waals surface area contributed by atoms with Gasteiger partial charge in [-0.2, -0.15) is 0 Å². The largest absolute Gasteiger partial charge is 0.300 e. The van der Waals surface area contributed by atoms with Gasteiger partial charge >= 0.3 is 0 Å². The molecule has 0 spiro atoms. The van der Waals surface area contributed by atoms with Gasteiger partial charge in [0.25, 0.3) is 6.41 Å². The third-order valence-corrected chi connectivity index (χ3v) is 3.38. The Labute approximate surface area is 90.9 Å². The lowest BCUT2D eigenvalue weighted by atomic mass is 9.87. The third-order valence-electron chi connectivity index (χ3n) is 3.38. The Kier molecular flexibility index (Phi) is 3.17. The van der Waals surface area contributed by atoms with E-state index < -0.39 is 0 Å². The van der Waals surface area contributed by atoms with Crippen LogP contribution in [0.4, 0.5) is 0 Å². The van der Waals surface area contributed by atoms with E-state index in [1.54, 1.807) is 0 Å².